The highest BCUT2D eigenvalue weighted by atomic mass is 32.2. The molecule has 1 fully saturated rings. The van der Waals surface area contributed by atoms with Crippen molar-refractivity contribution in [2.24, 2.45) is 17.0 Å². The highest BCUT2D eigenvalue weighted by Crippen LogP contribution is 2.37. The molecule has 0 heterocycles. The highest BCUT2D eigenvalue weighted by molar-refractivity contribution is 7.89. The Kier molecular flexibility index (Phi) is 4.49. The largest absolute Gasteiger partial charge is 0.399 e. The third-order valence-corrected chi connectivity index (χ3v) is 5.82. The Bertz CT molecular complexity index is 628. The van der Waals surface area contributed by atoms with Crippen LogP contribution in [-0.2, 0) is 10.0 Å². The molecule has 2 rings (SSSR count). The molecule has 1 saturated carbocycles. The summed E-state index contributed by atoms with van der Waals surface area (Å²) in [7, 11) is -3.76. The van der Waals surface area contributed by atoms with Gasteiger partial charge in [-0.2, -0.15) is 0 Å². The van der Waals surface area contributed by atoms with E-state index < -0.39 is 10.0 Å². The van der Waals surface area contributed by atoms with Gasteiger partial charge in [0.25, 0.3) is 0 Å². The van der Waals surface area contributed by atoms with E-state index in [-0.39, 0.29) is 4.90 Å². The molecule has 0 radical (unpaired) electrons. The molecule has 1 aliphatic rings. The highest BCUT2D eigenvalue weighted by Gasteiger charge is 2.32. The quantitative estimate of drug-likeness (QED) is 0.744. The molecule has 21 heavy (non-hydrogen) atoms. The molecular weight excluding hydrogens is 286 g/mol. The first-order valence-electron chi connectivity index (χ1n) is 7.43. The molecule has 118 valence electrons. The Morgan fingerprint density at radius 2 is 2.00 bits per heavy atom. The van der Waals surface area contributed by atoms with Gasteiger partial charge in [-0.25, -0.2) is 13.6 Å². The maximum Gasteiger partial charge on any atom is 0.238 e. The van der Waals surface area contributed by atoms with E-state index in [1.165, 1.54) is 18.9 Å². The van der Waals surface area contributed by atoms with E-state index in [0.717, 1.165) is 18.0 Å². The fourth-order valence-corrected chi connectivity index (χ4v) is 4.22. The summed E-state index contributed by atoms with van der Waals surface area (Å²) in [4.78, 5) is 0.0997. The van der Waals surface area contributed by atoms with Crippen LogP contribution >= 0.6 is 0 Å². The van der Waals surface area contributed by atoms with Crippen LogP contribution in [0, 0.1) is 18.8 Å². The van der Waals surface area contributed by atoms with E-state index in [4.69, 9.17) is 10.9 Å². The molecule has 5 N–H and O–H groups in total. The maximum atomic E-state index is 11.7. The van der Waals surface area contributed by atoms with Crippen LogP contribution in [0.15, 0.2) is 17.0 Å². The summed E-state index contributed by atoms with van der Waals surface area (Å²) >= 11 is 0. The lowest BCUT2D eigenvalue weighted by atomic mass is 9.93. The lowest BCUT2D eigenvalue weighted by molar-refractivity contribution is 0.392. The number of benzene rings is 1. The smallest absolute Gasteiger partial charge is 0.238 e. The van der Waals surface area contributed by atoms with Crippen molar-refractivity contribution in [3.63, 3.8) is 0 Å². The predicted molar refractivity (Wildman–Crippen MR) is 86.6 cm³/mol. The van der Waals surface area contributed by atoms with Gasteiger partial charge in [-0.05, 0) is 49.3 Å². The van der Waals surface area contributed by atoms with Crippen LogP contribution in [0.4, 0.5) is 11.4 Å². The Labute approximate surface area is 127 Å². The summed E-state index contributed by atoms with van der Waals surface area (Å²) in [6, 6.07) is 3.56. The normalized spacial score (nSPS) is 26.0. The fraction of sp³-hybridized carbons (Fsp3) is 0.600. The Hall–Kier alpha value is -1.27. The number of hydrogen-bond acceptors (Lipinski definition) is 4. The van der Waals surface area contributed by atoms with Crippen LogP contribution in [0.5, 0.6) is 0 Å². The zero-order valence-electron chi connectivity index (χ0n) is 12.9. The van der Waals surface area contributed by atoms with Crippen molar-refractivity contribution < 1.29 is 8.42 Å². The Morgan fingerprint density at radius 3 is 2.52 bits per heavy atom. The lowest BCUT2D eigenvalue weighted by Gasteiger charge is -2.24. The Morgan fingerprint density at radius 1 is 1.33 bits per heavy atom. The topological polar surface area (TPSA) is 98.2 Å². The zero-order chi connectivity index (χ0) is 15.8. The zero-order valence-corrected chi connectivity index (χ0v) is 13.7. The first kappa shape index (κ1) is 16.1. The summed E-state index contributed by atoms with van der Waals surface area (Å²) in [6.45, 7) is 6.23. The fourth-order valence-electron chi connectivity index (χ4n) is 3.38. The van der Waals surface area contributed by atoms with Crippen LogP contribution in [0.2, 0.25) is 0 Å². The summed E-state index contributed by atoms with van der Waals surface area (Å²) < 4.78 is 23.3. The van der Waals surface area contributed by atoms with Crippen molar-refractivity contribution in [3.8, 4) is 0 Å². The maximum absolute atomic E-state index is 11.7. The van der Waals surface area contributed by atoms with E-state index in [1.54, 1.807) is 13.0 Å². The van der Waals surface area contributed by atoms with E-state index in [0.29, 0.717) is 23.2 Å². The van der Waals surface area contributed by atoms with Gasteiger partial charge in [0.05, 0.1) is 4.90 Å². The van der Waals surface area contributed by atoms with Crippen molar-refractivity contribution in [1.29, 1.82) is 0 Å². The second-order valence-corrected chi connectivity index (χ2v) is 7.62. The molecule has 1 aromatic rings. The monoisotopic (exact) mass is 311 g/mol. The molecule has 3 atom stereocenters. The van der Waals surface area contributed by atoms with Gasteiger partial charge >= 0.3 is 0 Å². The molecule has 0 spiro atoms. The number of nitrogens with two attached hydrogens (primary N) is 2. The summed E-state index contributed by atoms with van der Waals surface area (Å²) in [5, 5.41) is 8.74. The molecule has 0 saturated heterocycles. The minimum absolute atomic E-state index is 0.0997. The second-order valence-electron chi connectivity index (χ2n) is 6.09. The standard InChI is InChI=1S/C15H25N3O2S/c1-4-11-5-6-13(9(11)2)18-14-7-12(16)8-15(10(14)3)21(17,19)20/h7-9,11,13,18H,4-6,16H2,1-3H3,(H2,17,19,20). The van der Waals surface area contributed by atoms with Gasteiger partial charge in [0.1, 0.15) is 0 Å². The number of hydrogen-bond donors (Lipinski definition) is 3. The molecule has 1 aliphatic carbocycles. The first-order chi connectivity index (χ1) is 9.74. The average molecular weight is 311 g/mol. The van der Waals surface area contributed by atoms with Crippen molar-refractivity contribution in [2.45, 2.75) is 51.0 Å². The van der Waals surface area contributed by atoms with E-state index >= 15 is 0 Å². The molecule has 5 nitrogen and oxygen atoms in total. The second kappa shape index (κ2) is 5.85. The van der Waals surface area contributed by atoms with Crippen LogP contribution in [0.25, 0.3) is 0 Å². The molecule has 3 unspecified atom stereocenters. The number of primary sulfonamides is 1. The van der Waals surface area contributed by atoms with E-state index in [1.807, 2.05) is 0 Å². The van der Waals surface area contributed by atoms with E-state index in [2.05, 4.69) is 19.2 Å². The SMILES string of the molecule is CCC1CCC(Nc2cc(N)cc(S(N)(=O)=O)c2C)C1C. The van der Waals surface area contributed by atoms with Gasteiger partial charge in [0.2, 0.25) is 10.0 Å². The molecule has 6 heteroatoms. The number of sulfonamides is 1. The molecule has 1 aromatic carbocycles. The minimum Gasteiger partial charge on any atom is -0.399 e. The van der Waals surface area contributed by atoms with Crippen molar-refractivity contribution >= 4 is 21.4 Å². The first-order valence-corrected chi connectivity index (χ1v) is 8.98. The number of rotatable bonds is 4. The van der Waals surface area contributed by atoms with Crippen LogP contribution in [-0.4, -0.2) is 14.5 Å². The van der Waals surface area contributed by atoms with Crippen LogP contribution < -0.4 is 16.2 Å². The summed E-state index contributed by atoms with van der Waals surface area (Å²) in [5.41, 5.74) is 7.64. The molecular formula is C15H25N3O2S. The van der Waals surface area contributed by atoms with Crippen molar-refractivity contribution in [2.75, 3.05) is 11.1 Å². The molecule has 0 aliphatic heterocycles. The van der Waals surface area contributed by atoms with Gasteiger partial charge in [0.15, 0.2) is 0 Å². The lowest BCUT2D eigenvalue weighted by Crippen LogP contribution is -2.25. The van der Waals surface area contributed by atoms with Crippen LogP contribution in [0.1, 0.15) is 38.7 Å². The minimum atomic E-state index is -3.76. The number of nitrogen functional groups attached to an aromatic ring is 1. The van der Waals surface area contributed by atoms with E-state index in [9.17, 15) is 8.42 Å². The number of nitrogens with one attached hydrogen (secondary N) is 1. The van der Waals surface area contributed by atoms with Crippen molar-refractivity contribution in [3.05, 3.63) is 17.7 Å². The Balaban J connectivity index is 2.31. The summed E-state index contributed by atoms with van der Waals surface area (Å²) in [5.74, 6) is 1.29. The third kappa shape index (κ3) is 3.32. The predicted octanol–water partition coefficient (Wildman–Crippen LogP) is 2.46. The van der Waals surface area contributed by atoms with Gasteiger partial charge in [-0.15, -0.1) is 0 Å². The van der Waals surface area contributed by atoms with Gasteiger partial charge < -0.3 is 11.1 Å². The average Bonchev–Trinajstić information content (AvgIpc) is 2.73. The molecule has 0 amide bonds. The van der Waals surface area contributed by atoms with Crippen molar-refractivity contribution in [1.82, 2.24) is 0 Å². The number of anilines is 2. The van der Waals surface area contributed by atoms with Gasteiger partial charge in [0, 0.05) is 17.4 Å². The van der Waals surface area contributed by atoms with Crippen LogP contribution in [0.3, 0.4) is 0 Å². The third-order valence-electron chi connectivity index (χ3n) is 4.78. The summed E-state index contributed by atoms with van der Waals surface area (Å²) in [6.07, 6.45) is 3.48. The van der Waals surface area contributed by atoms with Gasteiger partial charge in [-0.3, -0.25) is 0 Å². The van der Waals surface area contributed by atoms with Gasteiger partial charge in [-0.1, -0.05) is 20.3 Å². The molecule has 0 aromatic heterocycles. The molecule has 0 bridgehead atoms.